The van der Waals surface area contributed by atoms with E-state index in [1.807, 2.05) is 18.2 Å². The third kappa shape index (κ3) is 10.5. The maximum Gasteiger partial charge on any atom is 0.0701 e. The van der Waals surface area contributed by atoms with Gasteiger partial charge in [0.15, 0.2) is 0 Å². The Morgan fingerprint density at radius 1 is 0.615 bits per heavy atom. The molecule has 0 aliphatic rings. The maximum absolute atomic E-state index is 5.08. The van der Waals surface area contributed by atoms with Gasteiger partial charge < -0.3 is 5.32 Å². The molecule has 39 heavy (non-hydrogen) atoms. The fourth-order valence-electron chi connectivity index (χ4n) is 4.54. The summed E-state index contributed by atoms with van der Waals surface area (Å²) in [5.74, 6) is 1.75. The Morgan fingerprint density at radius 2 is 1.03 bits per heavy atom. The van der Waals surface area contributed by atoms with Crippen molar-refractivity contribution in [2.24, 2.45) is 4.99 Å². The van der Waals surface area contributed by atoms with E-state index >= 15 is 0 Å². The van der Waals surface area contributed by atoms with E-state index < -0.39 is 0 Å². The van der Waals surface area contributed by atoms with Crippen molar-refractivity contribution in [1.82, 2.24) is 0 Å². The number of hydrogen-bond acceptors (Lipinski definition) is 1. The third-order valence-electron chi connectivity index (χ3n) is 6.62. The van der Waals surface area contributed by atoms with Crippen molar-refractivity contribution in [1.29, 1.82) is 0 Å². The van der Waals surface area contributed by atoms with Crippen molar-refractivity contribution in [2.75, 3.05) is 0 Å². The summed E-state index contributed by atoms with van der Waals surface area (Å²) >= 11 is 0. The first-order valence-electron chi connectivity index (χ1n) is 14.1. The molecule has 0 saturated heterocycles. The number of hydrogen-bond donors (Lipinski definition) is 0. The third-order valence-corrected chi connectivity index (χ3v) is 6.62. The molecular formula is C36H49CoN2-. The van der Waals surface area contributed by atoms with Gasteiger partial charge in [-0.25, -0.2) is 0 Å². The molecule has 3 aromatic carbocycles. The first-order chi connectivity index (χ1) is 17.9. The molecule has 0 amide bonds. The van der Waals surface area contributed by atoms with Crippen LogP contribution in [0.5, 0.6) is 0 Å². The number of allylic oxidation sites excluding steroid dienone is 2. The van der Waals surface area contributed by atoms with Crippen molar-refractivity contribution in [2.45, 2.75) is 99.8 Å². The Labute approximate surface area is 249 Å². The first kappa shape index (κ1) is 34.4. The van der Waals surface area contributed by atoms with Gasteiger partial charge in [0.1, 0.15) is 0 Å². The number of aryl methyl sites for hydroxylation is 1. The summed E-state index contributed by atoms with van der Waals surface area (Å²) in [5, 5.41) is 5.08. The molecular weight excluding hydrogens is 519 g/mol. The van der Waals surface area contributed by atoms with Crippen LogP contribution >= 0.6 is 0 Å². The average molecular weight is 569 g/mol. The molecule has 213 valence electrons. The van der Waals surface area contributed by atoms with E-state index in [2.05, 4.69) is 131 Å². The summed E-state index contributed by atoms with van der Waals surface area (Å²) in [7, 11) is 0. The first-order valence-corrected chi connectivity index (χ1v) is 14.1. The van der Waals surface area contributed by atoms with Crippen LogP contribution in [0.25, 0.3) is 5.32 Å². The fourth-order valence-corrected chi connectivity index (χ4v) is 4.54. The summed E-state index contributed by atoms with van der Waals surface area (Å²) in [6.07, 6.45) is 2.11. The van der Waals surface area contributed by atoms with Gasteiger partial charge in [0, 0.05) is 22.5 Å². The van der Waals surface area contributed by atoms with Crippen LogP contribution in [0.15, 0.2) is 83.5 Å². The molecule has 0 spiro atoms. The second kappa shape index (κ2) is 16.5. The summed E-state index contributed by atoms with van der Waals surface area (Å²) in [4.78, 5) is 5.08. The Balaban J connectivity index is 0.000000823. The van der Waals surface area contributed by atoms with Gasteiger partial charge >= 0.3 is 0 Å². The van der Waals surface area contributed by atoms with Crippen molar-refractivity contribution in [3.8, 4) is 0 Å². The van der Waals surface area contributed by atoms with E-state index in [0.29, 0.717) is 23.7 Å². The van der Waals surface area contributed by atoms with Gasteiger partial charge in [0.05, 0.1) is 5.69 Å². The zero-order chi connectivity index (χ0) is 28.4. The van der Waals surface area contributed by atoms with Crippen molar-refractivity contribution in [3.63, 3.8) is 0 Å². The zero-order valence-corrected chi connectivity index (χ0v) is 27.0. The minimum Gasteiger partial charge on any atom is -0.661 e. The van der Waals surface area contributed by atoms with Crippen molar-refractivity contribution in [3.05, 3.63) is 112 Å². The second-order valence-corrected chi connectivity index (χ2v) is 11.5. The Hall–Kier alpha value is -2.62. The van der Waals surface area contributed by atoms with Crippen LogP contribution < -0.4 is 0 Å². The molecule has 3 aromatic rings. The molecule has 0 fully saturated rings. The Morgan fingerprint density at radius 3 is 1.38 bits per heavy atom. The fraction of sp³-hybridized carbons (Fsp3) is 0.417. The molecule has 0 aliphatic heterocycles. The van der Waals surface area contributed by atoms with Crippen molar-refractivity contribution < 1.29 is 16.8 Å². The molecule has 0 N–H and O–H groups in total. The van der Waals surface area contributed by atoms with E-state index in [9.17, 15) is 0 Å². The molecule has 3 rings (SSSR count). The number of para-hydroxylation sites is 2. The molecule has 1 radical (unpaired) electrons. The van der Waals surface area contributed by atoms with Crippen LogP contribution in [0.1, 0.15) is 121 Å². The summed E-state index contributed by atoms with van der Waals surface area (Å²) in [6.45, 7) is 24.1. The van der Waals surface area contributed by atoms with Crippen LogP contribution in [-0.2, 0) is 16.8 Å². The maximum atomic E-state index is 5.08. The number of rotatable bonds is 8. The van der Waals surface area contributed by atoms with Crippen LogP contribution in [0.2, 0.25) is 0 Å². The molecule has 0 unspecified atom stereocenters. The van der Waals surface area contributed by atoms with Gasteiger partial charge in [0.2, 0.25) is 0 Å². The van der Waals surface area contributed by atoms with E-state index in [4.69, 9.17) is 10.3 Å². The van der Waals surface area contributed by atoms with Gasteiger partial charge in [-0.15, -0.1) is 5.69 Å². The van der Waals surface area contributed by atoms with Gasteiger partial charge in [-0.3, -0.25) is 4.99 Å². The van der Waals surface area contributed by atoms with Gasteiger partial charge in [0.25, 0.3) is 0 Å². The Kier molecular flexibility index (Phi) is 14.5. The minimum absolute atomic E-state index is 0. The largest absolute Gasteiger partial charge is 0.661 e. The van der Waals surface area contributed by atoms with Gasteiger partial charge in [-0.1, -0.05) is 152 Å². The molecule has 0 atom stereocenters. The summed E-state index contributed by atoms with van der Waals surface area (Å²) < 4.78 is 0. The topological polar surface area (TPSA) is 26.5 Å². The van der Waals surface area contributed by atoms with Crippen molar-refractivity contribution >= 4 is 17.1 Å². The molecule has 0 aromatic heterocycles. The van der Waals surface area contributed by atoms with Gasteiger partial charge in [-0.05, 0) is 48.6 Å². The standard InChI is InChI=1S/C29H41N2.C7H8.Co/c1-18(2)24-13-11-14-25(19(3)4)28(24)30-22(9)17-23(10)31-29-26(20(5)6)15-12-16-27(29)21(7)8;1-7-5-3-2-4-6-7;/h11-21H,1-10H3;2-6H,1H3;/q-1;;/b22-17-,31-23?;;. The summed E-state index contributed by atoms with van der Waals surface area (Å²) in [6, 6.07) is 23.4. The molecule has 0 bridgehead atoms. The SMILES string of the molecule is CC(/C=C(/C)[N-]c1c(C(C)C)cccc1C(C)C)=Nc1c(C(C)C)cccc1C(C)C.Cc1ccccc1.[Co]. The average Bonchev–Trinajstić information content (AvgIpc) is 2.84. The van der Waals surface area contributed by atoms with Crippen LogP contribution in [0.4, 0.5) is 11.4 Å². The van der Waals surface area contributed by atoms with E-state index in [0.717, 1.165) is 22.8 Å². The monoisotopic (exact) mass is 568 g/mol. The van der Waals surface area contributed by atoms with E-state index in [1.54, 1.807) is 0 Å². The number of nitrogens with zero attached hydrogens (tertiary/aromatic N) is 2. The second-order valence-electron chi connectivity index (χ2n) is 11.5. The van der Waals surface area contributed by atoms with Crippen LogP contribution in [-0.4, -0.2) is 5.71 Å². The van der Waals surface area contributed by atoms with Crippen LogP contribution in [0.3, 0.4) is 0 Å². The number of benzene rings is 3. The molecule has 2 nitrogen and oxygen atoms in total. The predicted octanol–water partition coefficient (Wildman–Crippen LogP) is 11.9. The zero-order valence-electron chi connectivity index (χ0n) is 26.0. The predicted molar refractivity (Wildman–Crippen MR) is 170 cm³/mol. The smallest absolute Gasteiger partial charge is 0.0701 e. The molecule has 0 aliphatic carbocycles. The normalized spacial score (nSPS) is 12.0. The number of aliphatic imine (C=N–C) groups is 1. The van der Waals surface area contributed by atoms with Crippen LogP contribution in [0, 0.1) is 6.92 Å². The minimum atomic E-state index is 0. The quantitative estimate of drug-likeness (QED) is 0.242. The Bertz CT molecular complexity index is 1170. The molecule has 0 saturated carbocycles. The van der Waals surface area contributed by atoms with E-state index in [-0.39, 0.29) is 16.8 Å². The molecule has 0 heterocycles. The van der Waals surface area contributed by atoms with E-state index in [1.165, 1.54) is 27.8 Å². The van der Waals surface area contributed by atoms with Gasteiger partial charge in [-0.2, -0.15) is 5.70 Å². The summed E-state index contributed by atoms with van der Waals surface area (Å²) in [5.41, 5.74) is 10.8. The molecule has 3 heteroatoms.